The van der Waals surface area contributed by atoms with Gasteiger partial charge in [0.25, 0.3) is 5.76 Å². The number of hydrogen-bond acceptors (Lipinski definition) is 6. The lowest BCUT2D eigenvalue weighted by Crippen LogP contribution is -2.16. The van der Waals surface area contributed by atoms with Gasteiger partial charge in [0.2, 0.25) is 11.7 Å². The van der Waals surface area contributed by atoms with E-state index in [1.807, 2.05) is 0 Å². The van der Waals surface area contributed by atoms with Gasteiger partial charge in [-0.25, -0.2) is 14.2 Å². The van der Waals surface area contributed by atoms with Crippen LogP contribution in [0.15, 0.2) is 41.6 Å². The Balaban J connectivity index is 2.05. The van der Waals surface area contributed by atoms with Gasteiger partial charge in [-0.2, -0.15) is 8.78 Å². The third kappa shape index (κ3) is 5.81. The number of rotatable bonds is 7. The molecule has 0 unspecified atom stereocenters. The number of ether oxygens (including phenoxy) is 1. The zero-order valence-electron chi connectivity index (χ0n) is 13.9. The van der Waals surface area contributed by atoms with E-state index in [1.165, 1.54) is 31.3 Å². The molecule has 27 heavy (non-hydrogen) atoms. The molecule has 1 heterocycles. The maximum absolute atomic E-state index is 14.0. The van der Waals surface area contributed by atoms with Gasteiger partial charge >= 0.3 is 5.97 Å². The van der Waals surface area contributed by atoms with Crippen molar-refractivity contribution in [2.24, 2.45) is 0 Å². The highest BCUT2D eigenvalue weighted by atomic mass is 32.2. The van der Waals surface area contributed by atoms with E-state index in [2.05, 4.69) is 10.3 Å². The topological polar surface area (TPSA) is 85.4 Å². The molecule has 0 saturated heterocycles. The normalized spacial score (nSPS) is 10.6. The summed E-state index contributed by atoms with van der Waals surface area (Å²) in [5.41, 5.74) is -0.403. The number of hydrogen-bond donors (Lipinski definition) is 1. The van der Waals surface area contributed by atoms with Crippen molar-refractivity contribution in [3.8, 4) is 0 Å². The van der Waals surface area contributed by atoms with Crippen molar-refractivity contribution in [3.05, 3.63) is 53.5 Å². The number of amides is 1. The molecule has 0 bridgehead atoms. The lowest BCUT2D eigenvalue weighted by molar-refractivity contribution is -0.114. The van der Waals surface area contributed by atoms with Crippen molar-refractivity contribution in [2.45, 2.75) is 17.7 Å². The second-order valence-electron chi connectivity index (χ2n) is 5.11. The number of thioether (sulfide) groups is 1. The monoisotopic (exact) mass is 398 g/mol. The molecule has 0 spiro atoms. The Labute approximate surface area is 156 Å². The number of benzene rings is 1. The maximum atomic E-state index is 14.0. The third-order valence-electron chi connectivity index (χ3n) is 3.12. The number of pyridine rings is 1. The average Bonchev–Trinajstić information content (AvgIpc) is 2.59. The van der Waals surface area contributed by atoms with Crippen molar-refractivity contribution in [1.29, 1.82) is 0 Å². The Morgan fingerprint density at radius 1 is 1.22 bits per heavy atom. The summed E-state index contributed by atoms with van der Waals surface area (Å²) < 4.78 is 43.8. The highest BCUT2D eigenvalue weighted by Crippen LogP contribution is 2.26. The molecule has 0 saturated carbocycles. The van der Waals surface area contributed by atoms with Crippen molar-refractivity contribution < 1.29 is 32.3 Å². The van der Waals surface area contributed by atoms with E-state index >= 15 is 0 Å². The quantitative estimate of drug-likeness (QED) is 0.436. The minimum atomic E-state index is -2.79. The van der Waals surface area contributed by atoms with Crippen molar-refractivity contribution >= 4 is 35.1 Å². The summed E-state index contributed by atoms with van der Waals surface area (Å²) in [5.74, 6) is -5.96. The van der Waals surface area contributed by atoms with Gasteiger partial charge in [-0.05, 0) is 42.1 Å². The molecule has 10 heteroatoms. The molecule has 6 nitrogen and oxygen atoms in total. The predicted octanol–water partition coefficient (Wildman–Crippen LogP) is 3.53. The minimum absolute atomic E-state index is 0.0682. The first-order valence-corrected chi connectivity index (χ1v) is 8.33. The number of alkyl halides is 2. The molecule has 1 amide bonds. The Morgan fingerprint density at radius 2 is 1.96 bits per heavy atom. The van der Waals surface area contributed by atoms with Gasteiger partial charge in [0.05, 0.1) is 11.1 Å². The van der Waals surface area contributed by atoms with E-state index in [4.69, 9.17) is 4.74 Å². The number of carbonyl (C=O) groups is 3. The fraction of sp³-hybridized carbons (Fsp3) is 0.176. The second kappa shape index (κ2) is 9.17. The molecule has 1 aromatic carbocycles. The number of ketones is 1. The summed E-state index contributed by atoms with van der Waals surface area (Å²) in [6.45, 7) is 0.457. The third-order valence-corrected chi connectivity index (χ3v) is 3.84. The molecule has 0 aliphatic rings. The Kier molecular flexibility index (Phi) is 6.94. The van der Waals surface area contributed by atoms with E-state index in [-0.39, 0.29) is 33.6 Å². The molecule has 1 N–H and O–H groups in total. The number of nitrogens with one attached hydrogen (secondary N) is 1. The van der Waals surface area contributed by atoms with E-state index in [0.29, 0.717) is 0 Å². The Morgan fingerprint density at radius 3 is 2.59 bits per heavy atom. The Bertz CT molecular complexity index is 877. The number of Topliss-reactive ketones (excluding diaryl/α,β-unsaturated/α-hetero) is 1. The molecule has 2 rings (SSSR count). The first-order chi connectivity index (χ1) is 12.8. The van der Waals surface area contributed by atoms with Crippen LogP contribution >= 0.6 is 11.8 Å². The number of nitrogens with zero attached hydrogens (tertiary/aromatic N) is 1. The lowest BCUT2D eigenvalue weighted by atomic mass is 10.1. The van der Waals surface area contributed by atoms with Crippen LogP contribution in [0, 0.1) is 5.82 Å². The van der Waals surface area contributed by atoms with Gasteiger partial charge in [0.1, 0.15) is 10.8 Å². The van der Waals surface area contributed by atoms with Gasteiger partial charge in [0, 0.05) is 18.8 Å². The van der Waals surface area contributed by atoms with Crippen LogP contribution in [0.3, 0.4) is 0 Å². The molecular weight excluding hydrogens is 385 g/mol. The van der Waals surface area contributed by atoms with Crippen LogP contribution < -0.4 is 5.32 Å². The summed E-state index contributed by atoms with van der Waals surface area (Å²) in [6.07, 6.45) is 1.23. The van der Waals surface area contributed by atoms with Gasteiger partial charge in [-0.15, -0.1) is 0 Å². The van der Waals surface area contributed by atoms with E-state index < -0.39 is 35.8 Å². The molecule has 1 aromatic heterocycles. The summed E-state index contributed by atoms with van der Waals surface area (Å²) in [5, 5.41) is 2.12. The van der Waals surface area contributed by atoms with Crippen molar-refractivity contribution in [3.63, 3.8) is 0 Å². The second-order valence-corrected chi connectivity index (χ2v) is 6.09. The van der Waals surface area contributed by atoms with Crippen LogP contribution in [0.25, 0.3) is 0 Å². The van der Waals surface area contributed by atoms with Crippen LogP contribution in [-0.2, 0) is 9.53 Å². The average molecular weight is 398 g/mol. The molecule has 2 aromatic rings. The fourth-order valence-electron chi connectivity index (χ4n) is 2.03. The molecule has 142 valence electrons. The zero-order chi connectivity index (χ0) is 20.0. The number of anilines is 1. The summed E-state index contributed by atoms with van der Waals surface area (Å²) in [7, 11) is 0. The maximum Gasteiger partial charge on any atom is 0.341 e. The zero-order valence-corrected chi connectivity index (χ0v) is 14.7. The lowest BCUT2D eigenvalue weighted by Gasteiger charge is -2.09. The predicted molar refractivity (Wildman–Crippen MR) is 91.4 cm³/mol. The number of esters is 1. The largest absolute Gasteiger partial charge is 0.454 e. The minimum Gasteiger partial charge on any atom is -0.454 e. The molecule has 0 aliphatic carbocycles. The van der Waals surface area contributed by atoms with Crippen LogP contribution in [0.4, 0.5) is 18.9 Å². The van der Waals surface area contributed by atoms with Crippen molar-refractivity contribution in [2.75, 3.05) is 11.9 Å². The highest BCUT2D eigenvalue weighted by Gasteiger charge is 2.20. The van der Waals surface area contributed by atoms with E-state index in [9.17, 15) is 27.6 Å². The summed E-state index contributed by atoms with van der Waals surface area (Å²) >= 11 is 0.0682. The molecule has 0 aliphatic heterocycles. The first kappa shape index (κ1) is 20.4. The van der Waals surface area contributed by atoms with Gasteiger partial charge < -0.3 is 10.1 Å². The number of aromatic nitrogens is 1. The van der Waals surface area contributed by atoms with Crippen molar-refractivity contribution in [1.82, 2.24) is 4.98 Å². The molecule has 0 atom stereocenters. The van der Waals surface area contributed by atoms with E-state index in [0.717, 1.165) is 12.1 Å². The van der Waals surface area contributed by atoms with Crippen LogP contribution in [0.1, 0.15) is 27.6 Å². The molecule has 0 fully saturated rings. The number of carbonyl (C=O) groups excluding carboxylic acids is 3. The fourth-order valence-corrected chi connectivity index (χ4v) is 2.60. The van der Waals surface area contributed by atoms with E-state index in [1.54, 1.807) is 0 Å². The summed E-state index contributed by atoms with van der Waals surface area (Å²) in [4.78, 5) is 38.7. The molecular formula is C17H13F3N2O4S. The standard InChI is InChI=1S/C17H13F3N2O4S/c1-9(23)22-10-4-5-11(13(18)7-10)14(24)8-26-16(25)12-3-2-6-21-15(12)27-17(19)20/h2-7,17H,8H2,1H3,(H,22,23). The van der Waals surface area contributed by atoms with Crippen LogP contribution in [-0.4, -0.2) is 35.0 Å². The van der Waals surface area contributed by atoms with Gasteiger partial charge in [-0.1, -0.05) is 0 Å². The van der Waals surface area contributed by atoms with Gasteiger partial charge in [0.15, 0.2) is 6.61 Å². The highest BCUT2D eigenvalue weighted by molar-refractivity contribution is 7.99. The summed E-state index contributed by atoms with van der Waals surface area (Å²) in [6, 6.07) is 5.99. The van der Waals surface area contributed by atoms with Gasteiger partial charge in [-0.3, -0.25) is 9.59 Å². The number of halogens is 3. The smallest absolute Gasteiger partial charge is 0.341 e. The molecule has 0 radical (unpaired) electrons. The van der Waals surface area contributed by atoms with Crippen LogP contribution in [0.5, 0.6) is 0 Å². The SMILES string of the molecule is CC(=O)Nc1ccc(C(=O)COC(=O)c2cccnc2SC(F)F)c(F)c1. The first-order valence-electron chi connectivity index (χ1n) is 7.45. The Hall–Kier alpha value is -2.88. The van der Waals surface area contributed by atoms with Crippen LogP contribution in [0.2, 0.25) is 0 Å².